The van der Waals surface area contributed by atoms with E-state index in [0.717, 1.165) is 41.5 Å². The molecule has 0 unspecified atom stereocenters. The first-order chi connectivity index (χ1) is 13.0. The van der Waals surface area contributed by atoms with Gasteiger partial charge >= 0.3 is 0 Å². The topological polar surface area (TPSA) is 45.2 Å². The third-order valence-corrected chi connectivity index (χ3v) is 6.35. The van der Waals surface area contributed by atoms with Crippen LogP contribution in [0.25, 0.3) is 10.2 Å². The molecule has 4 rings (SSSR count). The molecule has 1 aromatic heterocycles. The van der Waals surface area contributed by atoms with E-state index in [1.165, 1.54) is 28.5 Å². The van der Waals surface area contributed by atoms with Crippen LogP contribution >= 0.6 is 11.3 Å². The highest BCUT2D eigenvalue weighted by molar-refractivity contribution is 7.22. The van der Waals surface area contributed by atoms with Gasteiger partial charge < -0.3 is 10.2 Å². The Bertz CT molecular complexity index is 992. The van der Waals surface area contributed by atoms with Crippen LogP contribution in [0.1, 0.15) is 24.0 Å². The minimum Gasteiger partial charge on any atom is -0.348 e. The second-order valence-corrected chi connectivity index (χ2v) is 8.14. The molecule has 2 heterocycles. The summed E-state index contributed by atoms with van der Waals surface area (Å²) in [4.78, 5) is 19.2. The van der Waals surface area contributed by atoms with Crippen LogP contribution in [-0.2, 0) is 4.79 Å². The van der Waals surface area contributed by atoms with E-state index < -0.39 is 0 Å². The highest BCUT2D eigenvalue weighted by Crippen LogP contribution is 2.32. The molecule has 0 atom stereocenters. The number of halogens is 1. The molecule has 27 heavy (non-hydrogen) atoms. The van der Waals surface area contributed by atoms with Gasteiger partial charge in [-0.1, -0.05) is 23.5 Å². The van der Waals surface area contributed by atoms with Gasteiger partial charge in [0, 0.05) is 24.7 Å². The van der Waals surface area contributed by atoms with E-state index in [1.54, 1.807) is 6.07 Å². The van der Waals surface area contributed by atoms with Crippen molar-refractivity contribution in [2.45, 2.75) is 26.7 Å². The number of fused-ring (bicyclic) bond motifs is 1. The molecule has 4 nitrogen and oxygen atoms in total. The van der Waals surface area contributed by atoms with Gasteiger partial charge in [0.05, 0.1) is 4.70 Å². The second kappa shape index (κ2) is 7.27. The van der Waals surface area contributed by atoms with Crippen molar-refractivity contribution in [3.8, 4) is 0 Å². The zero-order valence-electron chi connectivity index (χ0n) is 15.5. The molecule has 3 aromatic rings. The van der Waals surface area contributed by atoms with Crippen molar-refractivity contribution in [1.82, 2.24) is 4.98 Å². The second-order valence-electron chi connectivity index (χ2n) is 7.13. The van der Waals surface area contributed by atoms with Gasteiger partial charge in [-0.25, -0.2) is 9.37 Å². The van der Waals surface area contributed by atoms with Crippen molar-refractivity contribution >= 4 is 38.3 Å². The summed E-state index contributed by atoms with van der Waals surface area (Å²) in [6.07, 6.45) is 1.55. The number of piperidine rings is 1. The van der Waals surface area contributed by atoms with E-state index in [4.69, 9.17) is 0 Å². The standard InChI is InChI=1S/C21H22FN3OS/c1-13-6-7-16(12-14(13)2)23-20(26)15-8-10-25(11-9-15)21-24-19-17(22)4-3-5-18(19)27-21/h3-7,12,15H,8-11H2,1-2H3,(H,23,26). The average Bonchev–Trinajstić information content (AvgIpc) is 3.11. The number of aryl methyl sites for hydroxylation is 2. The van der Waals surface area contributed by atoms with E-state index in [-0.39, 0.29) is 17.6 Å². The monoisotopic (exact) mass is 383 g/mol. The first-order valence-corrected chi connectivity index (χ1v) is 10.0. The lowest BCUT2D eigenvalue weighted by molar-refractivity contribution is -0.120. The van der Waals surface area contributed by atoms with Crippen molar-refractivity contribution in [3.63, 3.8) is 0 Å². The maximum absolute atomic E-state index is 13.9. The van der Waals surface area contributed by atoms with Gasteiger partial charge in [-0.15, -0.1) is 0 Å². The number of thiazole rings is 1. The van der Waals surface area contributed by atoms with Crippen molar-refractivity contribution in [3.05, 3.63) is 53.3 Å². The number of carbonyl (C=O) groups is 1. The minimum atomic E-state index is -0.280. The molecular weight excluding hydrogens is 361 g/mol. The number of para-hydroxylation sites is 1. The zero-order chi connectivity index (χ0) is 19.0. The van der Waals surface area contributed by atoms with Crippen LogP contribution in [0.15, 0.2) is 36.4 Å². The lowest BCUT2D eigenvalue weighted by atomic mass is 9.96. The maximum atomic E-state index is 13.9. The largest absolute Gasteiger partial charge is 0.348 e. The van der Waals surface area contributed by atoms with E-state index >= 15 is 0 Å². The van der Waals surface area contributed by atoms with Crippen LogP contribution in [0.2, 0.25) is 0 Å². The third kappa shape index (κ3) is 3.67. The molecule has 0 saturated carbocycles. The first-order valence-electron chi connectivity index (χ1n) is 9.19. The number of rotatable bonds is 3. The number of aromatic nitrogens is 1. The van der Waals surface area contributed by atoms with Gasteiger partial charge in [-0.05, 0) is 62.1 Å². The summed E-state index contributed by atoms with van der Waals surface area (Å²) in [5.74, 6) is -0.208. The summed E-state index contributed by atoms with van der Waals surface area (Å²) >= 11 is 1.51. The fourth-order valence-electron chi connectivity index (χ4n) is 3.43. The molecule has 1 saturated heterocycles. The Hall–Kier alpha value is -2.47. The lowest BCUT2D eigenvalue weighted by Gasteiger charge is -2.31. The van der Waals surface area contributed by atoms with Crippen LogP contribution in [-0.4, -0.2) is 24.0 Å². The normalized spacial score (nSPS) is 15.3. The van der Waals surface area contributed by atoms with E-state index in [0.29, 0.717) is 5.52 Å². The Labute approximate surface area is 162 Å². The third-order valence-electron chi connectivity index (χ3n) is 5.27. The number of anilines is 2. The molecule has 0 spiro atoms. The zero-order valence-corrected chi connectivity index (χ0v) is 16.3. The minimum absolute atomic E-state index is 0.00558. The Kier molecular flexibility index (Phi) is 4.83. The number of benzene rings is 2. The van der Waals surface area contributed by atoms with Crippen LogP contribution in [0.5, 0.6) is 0 Å². The predicted octanol–water partition coefficient (Wildman–Crippen LogP) is 4.91. The molecular formula is C21H22FN3OS. The molecule has 0 aliphatic carbocycles. The number of nitrogens with zero attached hydrogens (tertiary/aromatic N) is 2. The molecule has 140 valence electrons. The van der Waals surface area contributed by atoms with Crippen molar-refractivity contribution in [2.24, 2.45) is 5.92 Å². The van der Waals surface area contributed by atoms with Gasteiger partial charge in [-0.2, -0.15) is 0 Å². The van der Waals surface area contributed by atoms with E-state index in [1.807, 2.05) is 31.2 Å². The molecule has 0 radical (unpaired) electrons. The summed E-state index contributed by atoms with van der Waals surface area (Å²) in [5, 5.41) is 3.88. The molecule has 1 N–H and O–H groups in total. The Morgan fingerprint density at radius 2 is 1.96 bits per heavy atom. The summed E-state index contributed by atoms with van der Waals surface area (Å²) < 4.78 is 14.7. The average molecular weight is 383 g/mol. The van der Waals surface area contributed by atoms with E-state index in [9.17, 15) is 9.18 Å². The van der Waals surface area contributed by atoms with Crippen molar-refractivity contribution < 1.29 is 9.18 Å². The van der Waals surface area contributed by atoms with Crippen LogP contribution < -0.4 is 10.2 Å². The molecule has 2 aromatic carbocycles. The van der Waals surface area contributed by atoms with Crippen LogP contribution in [0, 0.1) is 25.6 Å². The van der Waals surface area contributed by atoms with Crippen LogP contribution in [0.4, 0.5) is 15.2 Å². The molecule has 0 bridgehead atoms. The summed E-state index contributed by atoms with van der Waals surface area (Å²) in [7, 11) is 0. The first kappa shape index (κ1) is 17.9. The Morgan fingerprint density at radius 1 is 1.19 bits per heavy atom. The molecule has 1 fully saturated rings. The van der Waals surface area contributed by atoms with Crippen LogP contribution in [0.3, 0.4) is 0 Å². The number of hydrogen-bond donors (Lipinski definition) is 1. The number of carbonyl (C=O) groups excluding carboxylic acids is 1. The van der Waals surface area contributed by atoms with Gasteiger partial charge in [0.15, 0.2) is 5.13 Å². The summed E-state index contributed by atoms with van der Waals surface area (Å²) in [6, 6.07) is 11.0. The Balaban J connectivity index is 1.39. The number of hydrogen-bond acceptors (Lipinski definition) is 4. The van der Waals surface area contributed by atoms with Gasteiger partial charge in [-0.3, -0.25) is 4.79 Å². The maximum Gasteiger partial charge on any atom is 0.227 e. The van der Waals surface area contributed by atoms with Gasteiger partial charge in [0.2, 0.25) is 5.91 Å². The lowest BCUT2D eigenvalue weighted by Crippen LogP contribution is -2.38. The Morgan fingerprint density at radius 3 is 2.67 bits per heavy atom. The smallest absolute Gasteiger partial charge is 0.227 e. The quantitative estimate of drug-likeness (QED) is 0.699. The van der Waals surface area contributed by atoms with Crippen molar-refractivity contribution in [2.75, 3.05) is 23.3 Å². The molecule has 6 heteroatoms. The molecule has 1 aliphatic heterocycles. The molecule has 1 amide bonds. The van der Waals surface area contributed by atoms with E-state index in [2.05, 4.69) is 22.1 Å². The van der Waals surface area contributed by atoms with Gasteiger partial charge in [0.1, 0.15) is 11.3 Å². The SMILES string of the molecule is Cc1ccc(NC(=O)C2CCN(c3nc4c(F)cccc4s3)CC2)cc1C. The number of nitrogens with one attached hydrogen (secondary N) is 1. The predicted molar refractivity (Wildman–Crippen MR) is 109 cm³/mol. The highest BCUT2D eigenvalue weighted by Gasteiger charge is 2.26. The fourth-order valence-corrected chi connectivity index (χ4v) is 4.47. The highest BCUT2D eigenvalue weighted by atomic mass is 32.1. The van der Waals surface area contributed by atoms with Gasteiger partial charge in [0.25, 0.3) is 0 Å². The molecule has 1 aliphatic rings. The summed E-state index contributed by atoms with van der Waals surface area (Å²) in [5.41, 5.74) is 3.68. The number of amides is 1. The van der Waals surface area contributed by atoms with Crippen molar-refractivity contribution in [1.29, 1.82) is 0 Å². The summed E-state index contributed by atoms with van der Waals surface area (Å²) in [6.45, 7) is 5.62. The fraction of sp³-hybridized carbons (Fsp3) is 0.333.